The first-order valence-electron chi connectivity index (χ1n) is 7.57. The molecule has 23 heavy (non-hydrogen) atoms. The minimum absolute atomic E-state index is 0.0811. The van der Waals surface area contributed by atoms with Gasteiger partial charge in [-0.25, -0.2) is 4.98 Å². The maximum absolute atomic E-state index is 12.9. The number of benzene rings is 2. The fourth-order valence-corrected chi connectivity index (χ4v) is 2.83. The molecule has 3 rings (SSSR count). The molecule has 0 radical (unpaired) electrons. The van der Waals surface area contributed by atoms with E-state index in [9.17, 15) is 4.79 Å². The van der Waals surface area contributed by atoms with E-state index < -0.39 is 0 Å². The van der Waals surface area contributed by atoms with Crippen molar-refractivity contribution in [1.29, 1.82) is 0 Å². The van der Waals surface area contributed by atoms with Crippen LogP contribution in [0, 0.1) is 6.92 Å². The van der Waals surface area contributed by atoms with Gasteiger partial charge in [-0.15, -0.1) is 0 Å². The van der Waals surface area contributed by atoms with Gasteiger partial charge in [0, 0.05) is 17.1 Å². The number of halogens is 1. The summed E-state index contributed by atoms with van der Waals surface area (Å²) in [6.07, 6.45) is 0.715. The van der Waals surface area contributed by atoms with Gasteiger partial charge in [0.25, 0.3) is 5.56 Å². The van der Waals surface area contributed by atoms with E-state index in [1.807, 2.05) is 31.2 Å². The smallest absolute Gasteiger partial charge is 0.261 e. The molecule has 0 fully saturated rings. The van der Waals surface area contributed by atoms with Crippen LogP contribution in [0.3, 0.4) is 0 Å². The zero-order chi connectivity index (χ0) is 16.4. The van der Waals surface area contributed by atoms with Crippen LogP contribution < -0.4 is 11.3 Å². The van der Waals surface area contributed by atoms with Crippen LogP contribution in [0.1, 0.15) is 12.0 Å². The number of hydrogen-bond donors (Lipinski definition) is 1. The number of rotatable bonds is 4. The molecule has 0 amide bonds. The van der Waals surface area contributed by atoms with Crippen LogP contribution in [0.25, 0.3) is 22.3 Å². The Morgan fingerprint density at radius 2 is 2.04 bits per heavy atom. The molecule has 5 heteroatoms. The average Bonchev–Trinajstić information content (AvgIpc) is 2.54. The molecule has 0 aliphatic carbocycles. The van der Waals surface area contributed by atoms with Crippen LogP contribution in [0.4, 0.5) is 0 Å². The Hall–Kier alpha value is -2.17. The highest BCUT2D eigenvalue weighted by Gasteiger charge is 2.13. The van der Waals surface area contributed by atoms with Crippen molar-refractivity contribution in [1.82, 2.24) is 9.55 Å². The molecule has 3 aromatic rings. The van der Waals surface area contributed by atoms with E-state index in [1.54, 1.807) is 22.8 Å². The number of nitrogens with two attached hydrogens (primary N) is 1. The van der Waals surface area contributed by atoms with Crippen LogP contribution in [-0.4, -0.2) is 16.1 Å². The molecule has 0 aliphatic heterocycles. The molecule has 0 unspecified atom stereocenters. The lowest BCUT2D eigenvalue weighted by Crippen LogP contribution is -2.24. The number of nitrogens with zero attached hydrogens (tertiary/aromatic N) is 2. The maximum Gasteiger partial charge on any atom is 0.261 e. The molecule has 0 bridgehead atoms. The molecular weight excluding hydrogens is 310 g/mol. The highest BCUT2D eigenvalue weighted by Crippen LogP contribution is 2.22. The van der Waals surface area contributed by atoms with Gasteiger partial charge in [-0.3, -0.25) is 9.36 Å². The first-order chi connectivity index (χ1) is 11.1. The highest BCUT2D eigenvalue weighted by molar-refractivity contribution is 6.31. The third-order valence-corrected chi connectivity index (χ3v) is 4.01. The summed E-state index contributed by atoms with van der Waals surface area (Å²) in [5.74, 6) is 0.668. The van der Waals surface area contributed by atoms with Gasteiger partial charge in [0.05, 0.1) is 10.9 Å². The molecule has 0 atom stereocenters. The monoisotopic (exact) mass is 327 g/mol. The summed E-state index contributed by atoms with van der Waals surface area (Å²) >= 11 is 6.03. The largest absolute Gasteiger partial charge is 0.330 e. The topological polar surface area (TPSA) is 60.9 Å². The minimum Gasteiger partial charge on any atom is -0.330 e. The Balaban J connectivity index is 2.30. The Labute approximate surface area is 139 Å². The number of fused-ring (bicyclic) bond motifs is 1. The summed E-state index contributed by atoms with van der Waals surface area (Å²) in [5, 5.41) is 1.07. The van der Waals surface area contributed by atoms with Gasteiger partial charge in [0.1, 0.15) is 5.82 Å². The SMILES string of the molecule is Cc1cccc(-c2nc3ccc(Cl)cc3c(=O)n2CCCN)c1. The molecule has 4 nitrogen and oxygen atoms in total. The fourth-order valence-electron chi connectivity index (χ4n) is 2.65. The van der Waals surface area contributed by atoms with Gasteiger partial charge in [0.15, 0.2) is 0 Å². The Morgan fingerprint density at radius 3 is 2.78 bits per heavy atom. The average molecular weight is 328 g/mol. The zero-order valence-electron chi connectivity index (χ0n) is 12.9. The van der Waals surface area contributed by atoms with Gasteiger partial charge in [-0.2, -0.15) is 0 Å². The van der Waals surface area contributed by atoms with Crippen molar-refractivity contribution < 1.29 is 0 Å². The lowest BCUT2D eigenvalue weighted by molar-refractivity contribution is 0.632. The summed E-state index contributed by atoms with van der Waals surface area (Å²) in [6, 6.07) is 13.2. The number of aryl methyl sites for hydroxylation is 1. The molecule has 0 saturated carbocycles. The van der Waals surface area contributed by atoms with Crippen molar-refractivity contribution in [2.45, 2.75) is 19.9 Å². The molecule has 0 aliphatic rings. The summed E-state index contributed by atoms with van der Waals surface area (Å²) < 4.78 is 1.69. The molecule has 2 N–H and O–H groups in total. The van der Waals surface area contributed by atoms with Crippen molar-refractivity contribution in [2.75, 3.05) is 6.54 Å². The van der Waals surface area contributed by atoms with E-state index in [-0.39, 0.29) is 5.56 Å². The van der Waals surface area contributed by atoms with Gasteiger partial charge in [-0.1, -0.05) is 35.4 Å². The van der Waals surface area contributed by atoms with E-state index in [0.717, 1.165) is 11.1 Å². The Morgan fingerprint density at radius 1 is 1.22 bits per heavy atom. The molecule has 1 heterocycles. The van der Waals surface area contributed by atoms with Gasteiger partial charge >= 0.3 is 0 Å². The van der Waals surface area contributed by atoms with Crippen LogP contribution >= 0.6 is 11.6 Å². The molecule has 0 saturated heterocycles. The summed E-state index contributed by atoms with van der Waals surface area (Å²) in [5.41, 5.74) is 8.24. The quantitative estimate of drug-likeness (QED) is 0.799. The summed E-state index contributed by atoms with van der Waals surface area (Å²) in [7, 11) is 0. The normalized spacial score (nSPS) is 11.1. The van der Waals surface area contributed by atoms with E-state index in [4.69, 9.17) is 22.3 Å². The predicted molar refractivity (Wildman–Crippen MR) is 94.9 cm³/mol. The van der Waals surface area contributed by atoms with E-state index in [2.05, 4.69) is 0 Å². The van der Waals surface area contributed by atoms with Crippen molar-refractivity contribution in [3.05, 3.63) is 63.4 Å². The summed E-state index contributed by atoms with van der Waals surface area (Å²) in [4.78, 5) is 17.6. The van der Waals surface area contributed by atoms with Crippen molar-refractivity contribution in [3.63, 3.8) is 0 Å². The zero-order valence-corrected chi connectivity index (χ0v) is 13.7. The lowest BCUT2D eigenvalue weighted by Gasteiger charge is -2.14. The Kier molecular flexibility index (Phi) is 4.46. The van der Waals surface area contributed by atoms with E-state index in [1.165, 1.54) is 0 Å². The maximum atomic E-state index is 12.9. The molecular formula is C18H18ClN3O. The number of hydrogen-bond acceptors (Lipinski definition) is 3. The lowest BCUT2D eigenvalue weighted by atomic mass is 10.1. The first kappa shape index (κ1) is 15.7. The predicted octanol–water partition coefficient (Wildman–Crippen LogP) is 3.37. The molecule has 118 valence electrons. The van der Waals surface area contributed by atoms with E-state index >= 15 is 0 Å². The second-order valence-electron chi connectivity index (χ2n) is 5.57. The third-order valence-electron chi connectivity index (χ3n) is 3.78. The standard InChI is InChI=1S/C18H18ClN3O/c1-12-4-2-5-13(10-12)17-21-16-7-6-14(19)11-15(16)18(23)22(17)9-3-8-20/h2,4-7,10-11H,3,8-9,20H2,1H3. The van der Waals surface area contributed by atoms with Crippen molar-refractivity contribution in [3.8, 4) is 11.4 Å². The second-order valence-corrected chi connectivity index (χ2v) is 6.00. The van der Waals surface area contributed by atoms with Gasteiger partial charge < -0.3 is 5.73 Å². The number of aromatic nitrogens is 2. The molecule has 1 aromatic heterocycles. The van der Waals surface area contributed by atoms with Crippen molar-refractivity contribution >= 4 is 22.5 Å². The first-order valence-corrected chi connectivity index (χ1v) is 7.95. The summed E-state index contributed by atoms with van der Waals surface area (Å²) in [6.45, 7) is 3.08. The highest BCUT2D eigenvalue weighted by atomic mass is 35.5. The Bertz CT molecular complexity index is 918. The molecule has 0 spiro atoms. The van der Waals surface area contributed by atoms with E-state index in [0.29, 0.717) is 41.3 Å². The van der Waals surface area contributed by atoms with Crippen molar-refractivity contribution in [2.24, 2.45) is 5.73 Å². The van der Waals surface area contributed by atoms with Crippen LogP contribution in [-0.2, 0) is 6.54 Å². The molecule has 2 aromatic carbocycles. The van der Waals surface area contributed by atoms with Crippen LogP contribution in [0.15, 0.2) is 47.3 Å². The minimum atomic E-state index is -0.0811. The van der Waals surface area contributed by atoms with Gasteiger partial charge in [0.2, 0.25) is 0 Å². The fraction of sp³-hybridized carbons (Fsp3) is 0.222. The third kappa shape index (κ3) is 3.14. The van der Waals surface area contributed by atoms with Crippen LogP contribution in [0.2, 0.25) is 5.02 Å². The van der Waals surface area contributed by atoms with Crippen LogP contribution in [0.5, 0.6) is 0 Å². The second kappa shape index (κ2) is 6.52. The van der Waals surface area contributed by atoms with Gasteiger partial charge in [-0.05, 0) is 44.2 Å².